The lowest BCUT2D eigenvalue weighted by Gasteiger charge is -2.09. The van der Waals surface area contributed by atoms with E-state index in [0.717, 1.165) is 11.3 Å². The second-order valence-corrected chi connectivity index (χ2v) is 4.12. The minimum Gasteiger partial charge on any atom is -0.497 e. The van der Waals surface area contributed by atoms with Crippen molar-refractivity contribution < 1.29 is 14.6 Å². The van der Waals surface area contributed by atoms with Gasteiger partial charge in [-0.2, -0.15) is 0 Å². The molecule has 1 rings (SSSR count). The Morgan fingerprint density at radius 3 is 2.59 bits per heavy atom. The molecule has 0 heterocycles. The standard InChI is InChI=1S/C13H19NO3/c1-10(9-15)8-14-13(16)7-11-3-5-12(17-2)6-4-11/h3-6,10,15H,7-9H2,1-2H3,(H,14,16). The van der Waals surface area contributed by atoms with E-state index in [1.807, 2.05) is 31.2 Å². The number of hydrogen-bond acceptors (Lipinski definition) is 3. The van der Waals surface area contributed by atoms with E-state index in [9.17, 15) is 4.79 Å². The number of aliphatic hydroxyl groups is 1. The zero-order chi connectivity index (χ0) is 12.7. The van der Waals surface area contributed by atoms with Gasteiger partial charge in [-0.25, -0.2) is 0 Å². The fourth-order valence-electron chi connectivity index (χ4n) is 1.34. The van der Waals surface area contributed by atoms with Crippen molar-refractivity contribution >= 4 is 5.91 Å². The molecule has 1 aromatic carbocycles. The molecule has 2 N–H and O–H groups in total. The van der Waals surface area contributed by atoms with Crippen LogP contribution in [0.5, 0.6) is 5.75 Å². The van der Waals surface area contributed by atoms with Gasteiger partial charge in [-0.1, -0.05) is 19.1 Å². The molecule has 0 fully saturated rings. The summed E-state index contributed by atoms with van der Waals surface area (Å²) in [6.45, 7) is 2.47. The van der Waals surface area contributed by atoms with Crippen molar-refractivity contribution in [1.29, 1.82) is 0 Å². The molecule has 0 saturated carbocycles. The first-order chi connectivity index (χ1) is 8.15. The lowest BCUT2D eigenvalue weighted by Crippen LogP contribution is -2.30. The van der Waals surface area contributed by atoms with Crippen LogP contribution in [0.3, 0.4) is 0 Å². The number of rotatable bonds is 6. The molecule has 4 heteroatoms. The van der Waals surface area contributed by atoms with Gasteiger partial charge < -0.3 is 15.2 Å². The summed E-state index contributed by atoms with van der Waals surface area (Å²) in [7, 11) is 1.61. The maximum Gasteiger partial charge on any atom is 0.224 e. The van der Waals surface area contributed by atoms with E-state index >= 15 is 0 Å². The summed E-state index contributed by atoms with van der Waals surface area (Å²) in [5, 5.41) is 11.6. The molecular weight excluding hydrogens is 218 g/mol. The Balaban J connectivity index is 2.39. The molecular formula is C13H19NO3. The second kappa shape index (κ2) is 6.91. The van der Waals surface area contributed by atoms with Gasteiger partial charge in [0.1, 0.15) is 5.75 Å². The third-order valence-electron chi connectivity index (χ3n) is 2.48. The van der Waals surface area contributed by atoms with Gasteiger partial charge in [-0.3, -0.25) is 4.79 Å². The van der Waals surface area contributed by atoms with E-state index in [1.165, 1.54) is 0 Å². The predicted molar refractivity (Wildman–Crippen MR) is 66.0 cm³/mol. The largest absolute Gasteiger partial charge is 0.497 e. The first kappa shape index (κ1) is 13.5. The lowest BCUT2D eigenvalue weighted by atomic mass is 10.1. The minimum atomic E-state index is -0.0320. The predicted octanol–water partition coefficient (Wildman–Crippen LogP) is 0.982. The van der Waals surface area contributed by atoms with Gasteiger partial charge in [-0.05, 0) is 23.6 Å². The zero-order valence-electron chi connectivity index (χ0n) is 10.3. The van der Waals surface area contributed by atoms with Crippen LogP contribution in [0.2, 0.25) is 0 Å². The average Bonchev–Trinajstić information content (AvgIpc) is 2.36. The Hall–Kier alpha value is -1.55. The third-order valence-corrected chi connectivity index (χ3v) is 2.48. The number of carbonyl (C=O) groups excluding carboxylic acids is 1. The van der Waals surface area contributed by atoms with Crippen LogP contribution in [0.4, 0.5) is 0 Å². The molecule has 94 valence electrons. The topological polar surface area (TPSA) is 58.6 Å². The number of aliphatic hydroxyl groups excluding tert-OH is 1. The van der Waals surface area contributed by atoms with Gasteiger partial charge in [0, 0.05) is 13.2 Å². The van der Waals surface area contributed by atoms with Crippen LogP contribution in [0.25, 0.3) is 0 Å². The van der Waals surface area contributed by atoms with Gasteiger partial charge in [0.2, 0.25) is 5.91 Å². The van der Waals surface area contributed by atoms with E-state index in [0.29, 0.717) is 13.0 Å². The number of ether oxygens (including phenoxy) is 1. The van der Waals surface area contributed by atoms with Crippen LogP contribution in [-0.2, 0) is 11.2 Å². The molecule has 1 aromatic rings. The van der Waals surface area contributed by atoms with Crippen molar-refractivity contribution in [2.45, 2.75) is 13.3 Å². The quantitative estimate of drug-likeness (QED) is 0.775. The van der Waals surface area contributed by atoms with Gasteiger partial charge >= 0.3 is 0 Å². The summed E-state index contributed by atoms with van der Waals surface area (Å²) >= 11 is 0. The molecule has 0 aliphatic heterocycles. The maximum atomic E-state index is 11.6. The number of carbonyl (C=O) groups is 1. The van der Waals surface area contributed by atoms with Crippen LogP contribution >= 0.6 is 0 Å². The molecule has 1 atom stereocenters. The van der Waals surface area contributed by atoms with Crippen molar-refractivity contribution in [3.05, 3.63) is 29.8 Å². The molecule has 0 aromatic heterocycles. The summed E-state index contributed by atoms with van der Waals surface area (Å²) in [5.41, 5.74) is 0.944. The van der Waals surface area contributed by atoms with Gasteiger partial charge in [-0.15, -0.1) is 0 Å². The Labute approximate surface area is 102 Å². The highest BCUT2D eigenvalue weighted by molar-refractivity contribution is 5.78. The molecule has 0 spiro atoms. The average molecular weight is 237 g/mol. The number of nitrogens with one attached hydrogen (secondary N) is 1. The van der Waals surface area contributed by atoms with E-state index < -0.39 is 0 Å². The zero-order valence-corrected chi connectivity index (χ0v) is 10.3. The van der Waals surface area contributed by atoms with Crippen molar-refractivity contribution in [3.63, 3.8) is 0 Å². The first-order valence-corrected chi connectivity index (χ1v) is 5.66. The number of hydrogen-bond donors (Lipinski definition) is 2. The van der Waals surface area contributed by atoms with E-state index in [2.05, 4.69) is 5.32 Å². The smallest absolute Gasteiger partial charge is 0.224 e. The van der Waals surface area contributed by atoms with Crippen LogP contribution in [0.1, 0.15) is 12.5 Å². The second-order valence-electron chi connectivity index (χ2n) is 4.12. The highest BCUT2D eigenvalue weighted by Crippen LogP contribution is 2.11. The van der Waals surface area contributed by atoms with Crippen molar-refractivity contribution in [2.24, 2.45) is 5.92 Å². The first-order valence-electron chi connectivity index (χ1n) is 5.66. The Kier molecular flexibility index (Phi) is 5.49. The monoisotopic (exact) mass is 237 g/mol. The molecule has 0 bridgehead atoms. The molecule has 0 aliphatic carbocycles. The Morgan fingerprint density at radius 2 is 2.06 bits per heavy atom. The summed E-state index contributed by atoms with van der Waals surface area (Å²) in [6.07, 6.45) is 0.349. The number of benzene rings is 1. The number of amides is 1. The minimum absolute atomic E-state index is 0.0320. The van der Waals surface area contributed by atoms with Gasteiger partial charge in [0.05, 0.1) is 13.5 Å². The van der Waals surface area contributed by atoms with E-state index in [4.69, 9.17) is 9.84 Å². The van der Waals surface area contributed by atoms with Crippen molar-refractivity contribution in [3.8, 4) is 5.75 Å². The summed E-state index contributed by atoms with van der Waals surface area (Å²) in [4.78, 5) is 11.6. The summed E-state index contributed by atoms with van der Waals surface area (Å²) < 4.78 is 5.04. The number of methoxy groups -OCH3 is 1. The molecule has 0 aliphatic rings. The van der Waals surface area contributed by atoms with Crippen molar-refractivity contribution in [1.82, 2.24) is 5.32 Å². The fraction of sp³-hybridized carbons (Fsp3) is 0.462. The highest BCUT2D eigenvalue weighted by atomic mass is 16.5. The molecule has 1 unspecified atom stereocenters. The van der Waals surface area contributed by atoms with Gasteiger partial charge in [0.25, 0.3) is 0 Å². The fourth-order valence-corrected chi connectivity index (χ4v) is 1.34. The van der Waals surface area contributed by atoms with Crippen LogP contribution in [-0.4, -0.2) is 31.3 Å². The Morgan fingerprint density at radius 1 is 1.41 bits per heavy atom. The molecule has 17 heavy (non-hydrogen) atoms. The van der Waals surface area contributed by atoms with E-state index in [1.54, 1.807) is 7.11 Å². The molecule has 0 saturated heterocycles. The van der Waals surface area contributed by atoms with Crippen LogP contribution < -0.4 is 10.1 Å². The van der Waals surface area contributed by atoms with Crippen LogP contribution in [0, 0.1) is 5.92 Å². The molecule has 4 nitrogen and oxygen atoms in total. The lowest BCUT2D eigenvalue weighted by molar-refractivity contribution is -0.120. The van der Waals surface area contributed by atoms with Crippen LogP contribution in [0.15, 0.2) is 24.3 Å². The SMILES string of the molecule is COc1ccc(CC(=O)NCC(C)CO)cc1. The molecule has 1 amide bonds. The Bertz CT molecular complexity index is 348. The van der Waals surface area contributed by atoms with E-state index in [-0.39, 0.29) is 18.4 Å². The maximum absolute atomic E-state index is 11.6. The highest BCUT2D eigenvalue weighted by Gasteiger charge is 2.05. The summed E-state index contributed by atoms with van der Waals surface area (Å²) in [5.74, 6) is 0.841. The van der Waals surface area contributed by atoms with Gasteiger partial charge in [0.15, 0.2) is 0 Å². The third kappa shape index (κ3) is 4.87. The molecule has 0 radical (unpaired) electrons. The van der Waals surface area contributed by atoms with Crippen molar-refractivity contribution in [2.75, 3.05) is 20.3 Å². The summed E-state index contributed by atoms with van der Waals surface area (Å²) in [6, 6.07) is 7.40. The normalized spacial score (nSPS) is 11.9.